The van der Waals surface area contributed by atoms with Crippen LogP contribution in [0.4, 0.5) is 13.2 Å². The summed E-state index contributed by atoms with van der Waals surface area (Å²) >= 11 is 1.37. The molecular weight excluding hydrogens is 277 g/mol. The molecule has 0 aliphatic heterocycles. The Labute approximate surface area is 112 Å². The fourth-order valence-electron chi connectivity index (χ4n) is 1.60. The predicted molar refractivity (Wildman–Crippen MR) is 68.6 cm³/mol. The highest BCUT2D eigenvalue weighted by molar-refractivity contribution is 7.18. The van der Waals surface area contributed by atoms with E-state index in [9.17, 15) is 13.2 Å². The summed E-state index contributed by atoms with van der Waals surface area (Å²) in [5.74, 6) is 0.744. The smallest absolute Gasteiger partial charge is 0.401 e. The summed E-state index contributed by atoms with van der Waals surface area (Å²) in [5.41, 5.74) is 0.775. The number of hydrogen-bond donors (Lipinski definition) is 1. The Hall–Kier alpha value is -1.34. The quantitative estimate of drug-likeness (QED) is 0.917. The number of rotatable bonds is 5. The van der Waals surface area contributed by atoms with Gasteiger partial charge in [0.2, 0.25) is 0 Å². The number of nitrogens with one attached hydrogen (secondary N) is 1. The molecule has 7 heteroatoms. The lowest BCUT2D eigenvalue weighted by Crippen LogP contribution is -2.28. The van der Waals surface area contributed by atoms with Crippen LogP contribution >= 0.6 is 11.3 Å². The summed E-state index contributed by atoms with van der Waals surface area (Å²) in [7, 11) is 0. The summed E-state index contributed by atoms with van der Waals surface area (Å²) in [6.07, 6.45) is -4.20. The van der Waals surface area contributed by atoms with Gasteiger partial charge in [0, 0.05) is 6.54 Å². The topological polar surface area (TPSA) is 34.1 Å². The molecule has 0 unspecified atom stereocenters. The maximum atomic E-state index is 12.0. The second-order valence-electron chi connectivity index (χ2n) is 3.89. The molecule has 0 bridgehead atoms. The molecule has 104 valence electrons. The number of aromatic nitrogens is 1. The van der Waals surface area contributed by atoms with Crippen molar-refractivity contribution in [3.63, 3.8) is 0 Å². The molecule has 0 atom stereocenters. The number of halogens is 3. The normalized spacial score (nSPS) is 12.0. The maximum Gasteiger partial charge on any atom is 0.401 e. The van der Waals surface area contributed by atoms with Crippen LogP contribution in [0.2, 0.25) is 0 Å². The summed E-state index contributed by atoms with van der Waals surface area (Å²) in [6, 6.07) is 5.46. The van der Waals surface area contributed by atoms with Crippen molar-refractivity contribution in [3.05, 3.63) is 23.2 Å². The molecule has 1 heterocycles. The van der Waals surface area contributed by atoms with E-state index < -0.39 is 12.7 Å². The first-order valence-corrected chi connectivity index (χ1v) is 6.59. The van der Waals surface area contributed by atoms with Crippen molar-refractivity contribution < 1.29 is 17.9 Å². The Kier molecular flexibility index (Phi) is 4.26. The average molecular weight is 290 g/mol. The highest BCUT2D eigenvalue weighted by atomic mass is 32.1. The van der Waals surface area contributed by atoms with Gasteiger partial charge >= 0.3 is 6.18 Å². The molecule has 1 aromatic heterocycles. The number of nitrogens with zero attached hydrogens (tertiary/aromatic N) is 1. The molecule has 0 saturated carbocycles. The predicted octanol–water partition coefficient (Wildman–Crippen LogP) is 3.35. The molecule has 0 spiro atoms. The van der Waals surface area contributed by atoms with E-state index in [2.05, 4.69) is 10.3 Å². The van der Waals surface area contributed by atoms with E-state index in [-0.39, 0.29) is 6.54 Å². The van der Waals surface area contributed by atoms with Gasteiger partial charge in [-0.3, -0.25) is 0 Å². The zero-order valence-electron chi connectivity index (χ0n) is 10.3. The van der Waals surface area contributed by atoms with Gasteiger partial charge in [-0.2, -0.15) is 13.2 Å². The monoisotopic (exact) mass is 290 g/mol. The van der Waals surface area contributed by atoms with Gasteiger partial charge in [-0.1, -0.05) is 0 Å². The van der Waals surface area contributed by atoms with Crippen LogP contribution in [0.5, 0.6) is 5.75 Å². The van der Waals surface area contributed by atoms with Crippen LogP contribution in [-0.2, 0) is 6.54 Å². The summed E-state index contributed by atoms with van der Waals surface area (Å²) in [5, 5.41) is 2.97. The van der Waals surface area contributed by atoms with Crippen LogP contribution in [0.1, 0.15) is 11.9 Å². The van der Waals surface area contributed by atoms with E-state index in [1.165, 1.54) is 11.3 Å². The Bertz CT molecular complexity index is 553. The van der Waals surface area contributed by atoms with Gasteiger partial charge in [-0.15, -0.1) is 11.3 Å². The van der Waals surface area contributed by atoms with E-state index in [0.717, 1.165) is 16.0 Å². The highest BCUT2D eigenvalue weighted by Crippen LogP contribution is 2.26. The van der Waals surface area contributed by atoms with E-state index in [1.807, 2.05) is 19.1 Å². The molecule has 19 heavy (non-hydrogen) atoms. The van der Waals surface area contributed by atoms with Crippen LogP contribution < -0.4 is 10.1 Å². The largest absolute Gasteiger partial charge is 0.494 e. The number of thiazole rings is 1. The SMILES string of the molecule is CCOc1ccc2nc(CNCC(F)(F)F)sc2c1. The van der Waals surface area contributed by atoms with Gasteiger partial charge in [0.25, 0.3) is 0 Å². The van der Waals surface area contributed by atoms with E-state index in [0.29, 0.717) is 11.6 Å². The Morgan fingerprint density at radius 1 is 1.37 bits per heavy atom. The van der Waals surface area contributed by atoms with Gasteiger partial charge < -0.3 is 10.1 Å². The van der Waals surface area contributed by atoms with Crippen molar-refractivity contribution in [2.75, 3.05) is 13.2 Å². The summed E-state index contributed by atoms with van der Waals surface area (Å²) in [4.78, 5) is 4.27. The minimum Gasteiger partial charge on any atom is -0.494 e. The first kappa shape index (κ1) is 14.1. The molecule has 1 N–H and O–H groups in total. The number of benzene rings is 1. The van der Waals surface area contributed by atoms with Crippen LogP contribution in [-0.4, -0.2) is 24.3 Å². The average Bonchev–Trinajstić information content (AvgIpc) is 2.69. The zero-order chi connectivity index (χ0) is 13.9. The minimum atomic E-state index is -4.20. The fraction of sp³-hybridized carbons (Fsp3) is 0.417. The van der Waals surface area contributed by atoms with Crippen LogP contribution in [0.25, 0.3) is 10.2 Å². The molecule has 2 aromatic rings. The molecule has 0 amide bonds. The third-order valence-corrected chi connectivity index (χ3v) is 3.34. The Balaban J connectivity index is 2.04. The van der Waals surface area contributed by atoms with Crippen LogP contribution in [0.3, 0.4) is 0 Å². The third-order valence-electron chi connectivity index (χ3n) is 2.32. The van der Waals surface area contributed by atoms with Crippen LogP contribution in [0.15, 0.2) is 18.2 Å². The van der Waals surface area contributed by atoms with Crippen molar-refractivity contribution >= 4 is 21.6 Å². The van der Waals surface area contributed by atoms with Gasteiger partial charge in [0.05, 0.1) is 23.4 Å². The van der Waals surface area contributed by atoms with E-state index in [4.69, 9.17) is 4.74 Å². The molecule has 0 aliphatic carbocycles. The van der Waals surface area contributed by atoms with Crippen molar-refractivity contribution in [3.8, 4) is 5.75 Å². The standard InChI is InChI=1S/C12H13F3N2OS/c1-2-18-8-3-4-9-10(5-8)19-11(17-9)6-16-7-12(13,14)15/h3-5,16H,2,6-7H2,1H3. The second-order valence-corrected chi connectivity index (χ2v) is 5.00. The summed E-state index contributed by atoms with van der Waals surface area (Å²) in [6.45, 7) is 1.57. The molecule has 2 rings (SSSR count). The molecule has 0 radical (unpaired) electrons. The molecule has 0 fully saturated rings. The lowest BCUT2D eigenvalue weighted by atomic mass is 10.3. The molecule has 0 saturated heterocycles. The number of hydrogen-bond acceptors (Lipinski definition) is 4. The van der Waals surface area contributed by atoms with E-state index in [1.54, 1.807) is 6.07 Å². The third kappa shape index (κ3) is 4.07. The first-order chi connectivity index (χ1) is 8.98. The zero-order valence-corrected chi connectivity index (χ0v) is 11.1. The van der Waals surface area contributed by atoms with Gasteiger partial charge in [0.1, 0.15) is 10.8 Å². The molecular formula is C12H13F3N2OS. The van der Waals surface area contributed by atoms with Crippen LogP contribution in [0, 0.1) is 0 Å². The fourth-order valence-corrected chi connectivity index (χ4v) is 2.56. The molecule has 0 aliphatic rings. The molecule has 1 aromatic carbocycles. The van der Waals surface area contributed by atoms with Gasteiger partial charge in [-0.25, -0.2) is 4.98 Å². The Morgan fingerprint density at radius 2 is 2.16 bits per heavy atom. The van der Waals surface area contributed by atoms with Crippen molar-refractivity contribution in [1.82, 2.24) is 10.3 Å². The van der Waals surface area contributed by atoms with E-state index >= 15 is 0 Å². The van der Waals surface area contributed by atoms with Crippen molar-refractivity contribution in [2.45, 2.75) is 19.6 Å². The number of fused-ring (bicyclic) bond motifs is 1. The van der Waals surface area contributed by atoms with Gasteiger partial charge in [0.15, 0.2) is 0 Å². The number of alkyl halides is 3. The lowest BCUT2D eigenvalue weighted by Gasteiger charge is -2.05. The molecule has 3 nitrogen and oxygen atoms in total. The van der Waals surface area contributed by atoms with Crippen molar-refractivity contribution in [2.24, 2.45) is 0 Å². The lowest BCUT2D eigenvalue weighted by molar-refractivity contribution is -0.125. The van der Waals surface area contributed by atoms with Crippen molar-refractivity contribution in [1.29, 1.82) is 0 Å². The summed E-state index contributed by atoms with van der Waals surface area (Å²) < 4.78 is 42.3. The first-order valence-electron chi connectivity index (χ1n) is 5.77. The second kappa shape index (κ2) is 5.75. The minimum absolute atomic E-state index is 0.114. The number of ether oxygens (including phenoxy) is 1. The highest BCUT2D eigenvalue weighted by Gasteiger charge is 2.26. The van der Waals surface area contributed by atoms with Gasteiger partial charge in [-0.05, 0) is 25.1 Å². The maximum absolute atomic E-state index is 12.0. The Morgan fingerprint density at radius 3 is 2.84 bits per heavy atom.